The third-order valence-corrected chi connectivity index (χ3v) is 11.3. The predicted molar refractivity (Wildman–Crippen MR) is 178 cm³/mol. The molecule has 2 saturated carbocycles. The summed E-state index contributed by atoms with van der Waals surface area (Å²) in [6, 6.07) is 5.55. The maximum atomic E-state index is 14.1. The van der Waals surface area contributed by atoms with E-state index in [2.05, 4.69) is 20.3 Å². The van der Waals surface area contributed by atoms with Crippen LogP contribution in [-0.4, -0.2) is 83.8 Å². The van der Waals surface area contributed by atoms with E-state index >= 15 is 0 Å². The van der Waals surface area contributed by atoms with Crippen molar-refractivity contribution in [2.75, 3.05) is 13.7 Å². The molecule has 1 saturated heterocycles. The molecule has 0 unspecified atom stereocenters. The van der Waals surface area contributed by atoms with Gasteiger partial charge in [-0.1, -0.05) is 25.0 Å². The maximum absolute atomic E-state index is 14.1. The van der Waals surface area contributed by atoms with Gasteiger partial charge in [-0.05, 0) is 80.4 Å². The molecule has 2 aromatic rings. The van der Waals surface area contributed by atoms with E-state index in [1.165, 1.54) is 4.90 Å². The number of sulfonamides is 1. The normalized spacial score (nSPS) is 28.9. The summed E-state index contributed by atoms with van der Waals surface area (Å²) in [7, 11) is -2.26. The highest BCUT2D eigenvalue weighted by Gasteiger charge is 2.62. The Kier molecular flexibility index (Phi) is 9.29. The number of fused-ring (bicyclic) bond motifs is 3. The Morgan fingerprint density at radius 1 is 1.17 bits per heavy atom. The number of aromatic nitrogens is 1. The zero-order valence-electron chi connectivity index (χ0n) is 26.1. The Hall–Kier alpha value is -3.98. The van der Waals surface area contributed by atoms with Gasteiger partial charge in [0.25, 0.3) is 5.91 Å². The van der Waals surface area contributed by atoms with Crippen molar-refractivity contribution in [1.29, 1.82) is 0 Å². The lowest BCUT2D eigenvalue weighted by Crippen LogP contribution is -2.58. The van der Waals surface area contributed by atoms with Crippen molar-refractivity contribution >= 4 is 55.8 Å². The fourth-order valence-electron chi connectivity index (χ4n) is 6.53. The molecule has 3 fully saturated rings. The molecule has 1 aromatic carbocycles. The summed E-state index contributed by atoms with van der Waals surface area (Å²) >= 11 is 5.09. The number of nitrogens with two attached hydrogens (primary N) is 1. The Morgan fingerprint density at radius 3 is 2.72 bits per heavy atom. The molecule has 4 aliphatic rings. The van der Waals surface area contributed by atoms with Crippen LogP contribution in [0.5, 0.6) is 11.6 Å². The van der Waals surface area contributed by atoms with E-state index in [9.17, 15) is 22.8 Å². The highest BCUT2D eigenvalue weighted by molar-refractivity contribution is 7.91. The van der Waals surface area contributed by atoms with Gasteiger partial charge < -0.3 is 30.7 Å². The zero-order valence-corrected chi connectivity index (χ0v) is 27.8. The fraction of sp³-hybridized carbons (Fsp3) is 0.531. The Morgan fingerprint density at radius 2 is 1.98 bits per heavy atom. The van der Waals surface area contributed by atoms with Gasteiger partial charge in [-0.15, -0.1) is 0 Å². The van der Waals surface area contributed by atoms with Crippen molar-refractivity contribution < 1.29 is 32.3 Å². The van der Waals surface area contributed by atoms with Gasteiger partial charge >= 0.3 is 0 Å². The number of allylic oxidation sites excluding steroid dienone is 1. The number of methoxy groups -OCH3 is 1. The Bertz CT molecular complexity index is 1710. The molecule has 3 amide bonds. The van der Waals surface area contributed by atoms with Crippen molar-refractivity contribution in [3.8, 4) is 11.6 Å². The van der Waals surface area contributed by atoms with Crippen LogP contribution < -0.4 is 30.6 Å². The molecule has 0 bridgehead atoms. The molecular weight excluding hydrogens is 645 g/mol. The number of rotatable bonds is 7. The van der Waals surface area contributed by atoms with Crippen LogP contribution in [-0.2, 0) is 24.4 Å². The van der Waals surface area contributed by atoms with Crippen molar-refractivity contribution in [3.63, 3.8) is 0 Å². The first-order valence-electron chi connectivity index (χ1n) is 16.0. The summed E-state index contributed by atoms with van der Waals surface area (Å²) in [5.41, 5.74) is 4.36. The van der Waals surface area contributed by atoms with E-state index in [-0.39, 0.29) is 36.3 Å². The van der Waals surface area contributed by atoms with Crippen LogP contribution in [0, 0.1) is 5.92 Å². The average Bonchev–Trinajstić information content (AvgIpc) is 3.96. The predicted octanol–water partition coefficient (Wildman–Crippen LogP) is 1.80. The lowest BCUT2D eigenvalue weighted by Gasteiger charge is -2.30. The molecule has 5 N–H and O–H groups in total. The van der Waals surface area contributed by atoms with Crippen LogP contribution in [0.3, 0.4) is 0 Å². The van der Waals surface area contributed by atoms with Gasteiger partial charge in [0.2, 0.25) is 27.7 Å². The number of benzene rings is 1. The lowest BCUT2D eigenvalue weighted by molar-refractivity contribution is -0.141. The van der Waals surface area contributed by atoms with Gasteiger partial charge in [0.1, 0.15) is 29.5 Å². The van der Waals surface area contributed by atoms with Gasteiger partial charge in [0.05, 0.1) is 18.9 Å². The average molecular weight is 685 g/mol. The number of hydrogen-bond donors (Lipinski definition) is 4. The van der Waals surface area contributed by atoms with Gasteiger partial charge in [-0.2, -0.15) is 0 Å². The first-order chi connectivity index (χ1) is 22.5. The van der Waals surface area contributed by atoms with Crippen molar-refractivity contribution in [1.82, 2.24) is 25.2 Å². The molecule has 13 nitrogen and oxygen atoms in total. The highest BCUT2D eigenvalue weighted by atomic mass is 32.2. The second-order valence-corrected chi connectivity index (χ2v) is 15.2. The van der Waals surface area contributed by atoms with E-state index in [4.69, 9.17) is 27.4 Å². The van der Waals surface area contributed by atoms with Gasteiger partial charge in [-0.25, -0.2) is 13.4 Å². The summed E-state index contributed by atoms with van der Waals surface area (Å²) in [5, 5.41) is 6.74. The minimum atomic E-state index is -3.85. The topological polar surface area (TPSA) is 182 Å². The van der Waals surface area contributed by atoms with Gasteiger partial charge in [0, 0.05) is 23.9 Å². The third-order valence-electron chi connectivity index (χ3n) is 9.37. The van der Waals surface area contributed by atoms with Crippen molar-refractivity contribution in [2.24, 2.45) is 11.7 Å². The van der Waals surface area contributed by atoms with Crippen LogP contribution in [0.15, 0.2) is 42.6 Å². The number of ether oxygens (including phenoxy) is 2. The second kappa shape index (κ2) is 13.3. The zero-order chi connectivity index (χ0) is 33.3. The van der Waals surface area contributed by atoms with Crippen LogP contribution >= 0.6 is 12.2 Å². The Labute approximate surface area is 279 Å². The summed E-state index contributed by atoms with van der Waals surface area (Å²) in [5.74, 6) is -1.06. The molecule has 6 rings (SSSR count). The molecule has 0 spiro atoms. The molecule has 47 heavy (non-hydrogen) atoms. The number of thiocarbonyl (C=S) groups is 1. The molecule has 1 aromatic heterocycles. The van der Waals surface area contributed by atoms with Gasteiger partial charge in [-0.3, -0.25) is 19.1 Å². The van der Waals surface area contributed by atoms with E-state index in [1.54, 1.807) is 19.4 Å². The van der Waals surface area contributed by atoms with E-state index in [0.717, 1.165) is 36.5 Å². The number of carbonyl (C=O) groups is 3. The molecule has 5 atom stereocenters. The number of pyridine rings is 1. The second-order valence-electron chi connectivity index (χ2n) is 12.8. The number of carbonyl (C=O) groups excluding carboxylic acids is 3. The van der Waals surface area contributed by atoms with Crippen LogP contribution in [0.25, 0.3) is 10.8 Å². The summed E-state index contributed by atoms with van der Waals surface area (Å²) in [4.78, 5) is 47.7. The molecule has 2 aliphatic heterocycles. The monoisotopic (exact) mass is 684 g/mol. The Balaban J connectivity index is 1.30. The molecule has 0 radical (unpaired) electrons. The summed E-state index contributed by atoms with van der Waals surface area (Å²) < 4.78 is 39.3. The fourth-order valence-corrected chi connectivity index (χ4v) is 8.03. The van der Waals surface area contributed by atoms with Crippen LogP contribution in [0.1, 0.15) is 57.8 Å². The smallest absolute Gasteiger partial charge is 0.259 e. The summed E-state index contributed by atoms with van der Waals surface area (Å²) in [6.45, 7) is 0.0687. The van der Waals surface area contributed by atoms with Gasteiger partial charge in [0.15, 0.2) is 5.11 Å². The standard InChI is InChI=1S/C32H40N6O7S2/c1-44-21-9-12-24-19(15-21)13-14-34-28(24)45-22-16-26-27(39)36-32(30(41)37-47(42,43)23-10-11-23)17-20(32)7-5-3-2-4-6-8-25(35-31(33)46)29(40)38(26)18-22/h5,7,9,12-15,20,22-23,25-26H,2-4,6,8,10-11,16-18H2,1H3,(H,36,39)(H,37,41)(H3,33,35,46)/b7-5-/t20-,22-,25+,26+,32-/m1/s1. The first kappa shape index (κ1) is 32.9. The number of nitrogens with zero attached hydrogens (tertiary/aromatic N) is 2. The number of hydrogen-bond acceptors (Lipinski definition) is 9. The molecule has 252 valence electrons. The summed E-state index contributed by atoms with van der Waals surface area (Å²) in [6.07, 6.45) is 9.81. The number of amides is 3. The first-order valence-corrected chi connectivity index (χ1v) is 18.0. The lowest BCUT2D eigenvalue weighted by atomic mass is 10.1. The SMILES string of the molecule is COc1ccc2c(O[C@@H]3C[C@H]4C(=O)N[C@]5(C(=O)NS(=O)(=O)C6CC6)C[C@H]5/C=C\CCCCC[C@H](NC(N)=S)C(=O)N4C3)nccc2c1. The number of nitrogens with one attached hydrogen (secondary N) is 3. The van der Waals surface area contributed by atoms with Crippen LogP contribution in [0.4, 0.5) is 0 Å². The van der Waals surface area contributed by atoms with Crippen molar-refractivity contribution in [2.45, 2.75) is 86.8 Å². The largest absolute Gasteiger partial charge is 0.497 e. The van der Waals surface area contributed by atoms with E-state index in [1.807, 2.05) is 30.4 Å². The quantitative estimate of drug-likeness (QED) is 0.247. The molecule has 2 aliphatic carbocycles. The maximum Gasteiger partial charge on any atom is 0.259 e. The van der Waals surface area contributed by atoms with E-state index in [0.29, 0.717) is 30.9 Å². The van der Waals surface area contributed by atoms with E-state index < -0.39 is 50.8 Å². The highest BCUT2D eigenvalue weighted by Crippen LogP contribution is 2.46. The third kappa shape index (κ3) is 7.15. The van der Waals surface area contributed by atoms with Crippen LogP contribution in [0.2, 0.25) is 0 Å². The molecule has 15 heteroatoms. The minimum Gasteiger partial charge on any atom is -0.497 e. The minimum absolute atomic E-state index is 0.0269. The molecular formula is C32H40N6O7S2. The van der Waals surface area contributed by atoms with Crippen molar-refractivity contribution in [3.05, 3.63) is 42.6 Å². The molecule has 3 heterocycles.